The minimum Gasteiger partial charge on any atom is -0.361 e. The number of H-pyrrole nitrogens is 1. The lowest BCUT2D eigenvalue weighted by atomic mass is 9.94. The Labute approximate surface area is 175 Å². The number of hydrogen-bond acceptors (Lipinski definition) is 5. The highest BCUT2D eigenvalue weighted by Gasteiger charge is 2.39. The van der Waals surface area contributed by atoms with Crippen LogP contribution in [-0.4, -0.2) is 45.6 Å². The van der Waals surface area contributed by atoms with Gasteiger partial charge in [0.1, 0.15) is 5.69 Å². The number of carbonyl (C=O) groups is 1. The molecule has 3 heterocycles. The number of hydrogen-bond donors (Lipinski definition) is 2. The molecule has 2 N–H and O–H groups in total. The number of hydrazine groups is 1. The Balaban J connectivity index is 1.52. The Bertz CT molecular complexity index is 1070. The van der Waals surface area contributed by atoms with Gasteiger partial charge in [0.2, 0.25) is 5.95 Å². The van der Waals surface area contributed by atoms with Crippen molar-refractivity contribution >= 4 is 40.1 Å². The van der Waals surface area contributed by atoms with Gasteiger partial charge in [0.05, 0.1) is 12.2 Å². The van der Waals surface area contributed by atoms with E-state index in [-0.39, 0.29) is 12.1 Å². The molecule has 1 saturated carbocycles. The van der Waals surface area contributed by atoms with E-state index in [1.807, 2.05) is 36.3 Å². The number of aromatic nitrogens is 3. The maximum absolute atomic E-state index is 13.0. The smallest absolute Gasteiger partial charge is 0.343 e. The van der Waals surface area contributed by atoms with Crippen molar-refractivity contribution in [3.8, 4) is 0 Å². The number of amides is 2. The van der Waals surface area contributed by atoms with Crippen molar-refractivity contribution in [1.29, 1.82) is 0 Å². The first-order valence-electron chi connectivity index (χ1n) is 10.7. The summed E-state index contributed by atoms with van der Waals surface area (Å²) in [6.07, 6.45) is 9.46. The molecule has 30 heavy (non-hydrogen) atoms. The summed E-state index contributed by atoms with van der Waals surface area (Å²) in [6.45, 7) is 2.62. The first-order valence-corrected chi connectivity index (χ1v) is 10.7. The van der Waals surface area contributed by atoms with E-state index in [1.54, 1.807) is 18.1 Å². The highest BCUT2D eigenvalue weighted by molar-refractivity contribution is 5.98. The molecular weight excluding hydrogens is 378 g/mol. The molecule has 1 aliphatic carbocycles. The summed E-state index contributed by atoms with van der Waals surface area (Å²) in [5, 5.41) is 8.41. The number of fused-ring (bicyclic) bond motifs is 2. The number of nitrogens with one attached hydrogen (secondary N) is 2. The average Bonchev–Trinajstić information content (AvgIpc) is 3.24. The topological polar surface area (TPSA) is 80.4 Å². The third kappa shape index (κ3) is 3.12. The SMILES string of the molecule is CCN1C(=O)N(C)c2cnc(Nc3ccc4[nH]ccc4c3)nc2N1C1CCCCC1. The molecule has 0 atom stereocenters. The van der Waals surface area contributed by atoms with E-state index in [0.717, 1.165) is 40.9 Å². The number of benzene rings is 1. The molecule has 8 heteroatoms. The van der Waals surface area contributed by atoms with Crippen LogP contribution >= 0.6 is 0 Å². The van der Waals surface area contributed by atoms with Crippen LogP contribution in [0, 0.1) is 0 Å². The Morgan fingerprint density at radius 3 is 2.83 bits per heavy atom. The van der Waals surface area contributed by atoms with Crippen LogP contribution in [0.2, 0.25) is 0 Å². The van der Waals surface area contributed by atoms with Gasteiger partial charge in [0.15, 0.2) is 5.82 Å². The summed E-state index contributed by atoms with van der Waals surface area (Å²) in [7, 11) is 1.79. The van der Waals surface area contributed by atoms with Gasteiger partial charge in [0.25, 0.3) is 0 Å². The Kier molecular flexibility index (Phi) is 4.69. The molecule has 2 aliphatic rings. The molecule has 2 amide bonds. The molecule has 1 fully saturated rings. The zero-order chi connectivity index (χ0) is 20.7. The molecular formula is C22H27N7O. The molecule has 0 spiro atoms. The summed E-state index contributed by atoms with van der Waals surface area (Å²) in [4.78, 5) is 27.2. The van der Waals surface area contributed by atoms with Crippen molar-refractivity contribution in [3.05, 3.63) is 36.7 Å². The van der Waals surface area contributed by atoms with Gasteiger partial charge >= 0.3 is 6.03 Å². The molecule has 0 bridgehead atoms. The molecule has 1 aliphatic heterocycles. The minimum atomic E-state index is -0.0298. The van der Waals surface area contributed by atoms with Crippen molar-refractivity contribution in [1.82, 2.24) is 20.0 Å². The zero-order valence-electron chi connectivity index (χ0n) is 17.4. The lowest BCUT2D eigenvalue weighted by Crippen LogP contribution is -2.59. The van der Waals surface area contributed by atoms with Crippen LogP contribution in [0.25, 0.3) is 10.9 Å². The second kappa shape index (κ2) is 7.51. The van der Waals surface area contributed by atoms with E-state index in [4.69, 9.17) is 4.98 Å². The van der Waals surface area contributed by atoms with Crippen LogP contribution in [0.5, 0.6) is 0 Å². The van der Waals surface area contributed by atoms with Crippen LogP contribution in [0.3, 0.4) is 0 Å². The number of aromatic amines is 1. The first-order chi connectivity index (χ1) is 14.7. The van der Waals surface area contributed by atoms with Gasteiger partial charge in [-0.3, -0.25) is 9.91 Å². The number of urea groups is 1. The molecule has 2 aromatic heterocycles. The lowest BCUT2D eigenvalue weighted by molar-refractivity contribution is 0.184. The Morgan fingerprint density at radius 2 is 2.03 bits per heavy atom. The van der Waals surface area contributed by atoms with E-state index in [1.165, 1.54) is 19.3 Å². The van der Waals surface area contributed by atoms with Crippen LogP contribution in [0.1, 0.15) is 39.0 Å². The van der Waals surface area contributed by atoms with Crippen LogP contribution in [0.4, 0.5) is 27.9 Å². The van der Waals surface area contributed by atoms with Crippen LogP contribution < -0.4 is 15.2 Å². The maximum Gasteiger partial charge on any atom is 0.343 e. The number of rotatable bonds is 4. The van der Waals surface area contributed by atoms with Crippen LogP contribution in [0.15, 0.2) is 36.7 Å². The Morgan fingerprint density at radius 1 is 1.20 bits per heavy atom. The van der Waals surface area contributed by atoms with E-state index in [0.29, 0.717) is 12.5 Å². The number of anilines is 4. The van der Waals surface area contributed by atoms with Gasteiger partial charge in [0, 0.05) is 36.4 Å². The van der Waals surface area contributed by atoms with E-state index >= 15 is 0 Å². The van der Waals surface area contributed by atoms with Crippen molar-refractivity contribution in [2.24, 2.45) is 0 Å². The fourth-order valence-corrected chi connectivity index (χ4v) is 4.56. The molecule has 1 aromatic carbocycles. The fourth-order valence-electron chi connectivity index (χ4n) is 4.56. The zero-order valence-corrected chi connectivity index (χ0v) is 17.4. The van der Waals surface area contributed by atoms with Gasteiger partial charge in [-0.15, -0.1) is 0 Å². The molecule has 0 unspecified atom stereocenters. The molecule has 156 valence electrons. The van der Waals surface area contributed by atoms with Gasteiger partial charge in [-0.05, 0) is 44.0 Å². The molecule has 5 rings (SSSR count). The normalized spacial score (nSPS) is 17.5. The lowest BCUT2D eigenvalue weighted by Gasteiger charge is -2.47. The second-order valence-corrected chi connectivity index (χ2v) is 8.00. The third-order valence-corrected chi connectivity index (χ3v) is 6.13. The number of nitrogens with zero attached hydrogens (tertiary/aromatic N) is 5. The minimum absolute atomic E-state index is 0.0298. The van der Waals surface area contributed by atoms with Crippen molar-refractivity contribution in [3.63, 3.8) is 0 Å². The summed E-state index contributed by atoms with van der Waals surface area (Å²) >= 11 is 0. The average molecular weight is 406 g/mol. The van der Waals surface area contributed by atoms with Crippen molar-refractivity contribution < 1.29 is 4.79 Å². The summed E-state index contributed by atoms with van der Waals surface area (Å²) in [6, 6.07) is 8.41. The predicted molar refractivity (Wildman–Crippen MR) is 119 cm³/mol. The first kappa shape index (κ1) is 18.7. The highest BCUT2D eigenvalue weighted by Crippen LogP contribution is 2.38. The van der Waals surface area contributed by atoms with Crippen LogP contribution in [-0.2, 0) is 0 Å². The summed E-state index contributed by atoms with van der Waals surface area (Å²) in [5.74, 6) is 1.33. The summed E-state index contributed by atoms with van der Waals surface area (Å²) < 4.78 is 0. The third-order valence-electron chi connectivity index (χ3n) is 6.13. The van der Waals surface area contributed by atoms with E-state index < -0.39 is 0 Å². The summed E-state index contributed by atoms with van der Waals surface area (Å²) in [5.41, 5.74) is 2.77. The standard InChI is InChI=1S/C22H27N7O/c1-3-28-22(30)27(2)19-14-24-21(25-16-9-10-18-15(13-16)11-12-23-18)26-20(19)29(28)17-7-5-4-6-8-17/h9-14,17,23H,3-8H2,1-2H3,(H,24,25,26). The number of carbonyl (C=O) groups excluding carboxylic acids is 1. The molecule has 0 saturated heterocycles. The highest BCUT2D eigenvalue weighted by atomic mass is 16.2. The fraction of sp³-hybridized carbons (Fsp3) is 0.409. The molecule has 8 nitrogen and oxygen atoms in total. The second-order valence-electron chi connectivity index (χ2n) is 8.00. The van der Waals surface area contributed by atoms with Gasteiger partial charge in [-0.1, -0.05) is 19.3 Å². The predicted octanol–water partition coefficient (Wildman–Crippen LogP) is 4.65. The van der Waals surface area contributed by atoms with E-state index in [9.17, 15) is 4.79 Å². The van der Waals surface area contributed by atoms with Gasteiger partial charge in [-0.2, -0.15) is 4.98 Å². The molecule has 3 aromatic rings. The molecule has 0 radical (unpaired) electrons. The Hall–Kier alpha value is -3.29. The van der Waals surface area contributed by atoms with Crippen molar-refractivity contribution in [2.45, 2.75) is 45.1 Å². The largest absolute Gasteiger partial charge is 0.361 e. The van der Waals surface area contributed by atoms with Gasteiger partial charge in [-0.25, -0.2) is 14.8 Å². The van der Waals surface area contributed by atoms with Gasteiger partial charge < -0.3 is 10.3 Å². The van der Waals surface area contributed by atoms with E-state index in [2.05, 4.69) is 26.4 Å². The monoisotopic (exact) mass is 405 g/mol. The maximum atomic E-state index is 13.0. The van der Waals surface area contributed by atoms with Crippen molar-refractivity contribution in [2.75, 3.05) is 28.8 Å². The quantitative estimate of drug-likeness (QED) is 0.661.